The van der Waals surface area contributed by atoms with E-state index in [2.05, 4.69) is 6.58 Å². The second-order valence-electron chi connectivity index (χ2n) is 4.23. The summed E-state index contributed by atoms with van der Waals surface area (Å²) in [6.45, 7) is 6.58. The number of primary amides is 1. The highest BCUT2D eigenvalue weighted by Gasteiger charge is 2.13. The van der Waals surface area contributed by atoms with Crippen LogP contribution in [0.2, 0.25) is 0 Å². The van der Waals surface area contributed by atoms with Crippen LogP contribution in [0, 0.1) is 0 Å². The molecule has 2 amide bonds. The van der Waals surface area contributed by atoms with Crippen LogP contribution in [0.4, 0.5) is 4.79 Å². The summed E-state index contributed by atoms with van der Waals surface area (Å²) in [5.41, 5.74) is 4.98. The van der Waals surface area contributed by atoms with Crippen molar-refractivity contribution in [2.45, 2.75) is 19.3 Å². The maximum atomic E-state index is 10.3. The Kier molecular flexibility index (Phi) is 8.65. The Bertz CT molecular complexity index is 276. The number of likely N-dealkylation sites (N-methyl/N-ethyl adjacent to an activating group) is 1. The van der Waals surface area contributed by atoms with Gasteiger partial charge in [-0.25, -0.2) is 4.79 Å². The molecule has 104 valence electrons. The Balaban J connectivity index is 0.000000327. The third-order valence-electron chi connectivity index (χ3n) is 2.57. The molecule has 0 aromatic carbocycles. The lowest BCUT2D eigenvalue weighted by molar-refractivity contribution is -0.137. The fourth-order valence-electron chi connectivity index (χ4n) is 1.54. The summed E-state index contributed by atoms with van der Waals surface area (Å²) in [6.07, 6.45) is 4.18. The predicted molar refractivity (Wildman–Crippen MR) is 70.3 cm³/mol. The molecule has 6 heteroatoms. The van der Waals surface area contributed by atoms with Gasteiger partial charge in [-0.1, -0.05) is 6.08 Å². The van der Waals surface area contributed by atoms with Crippen molar-refractivity contribution in [1.29, 1.82) is 0 Å². The summed E-state index contributed by atoms with van der Waals surface area (Å²) < 4.78 is 0. The minimum atomic E-state index is -0.754. The van der Waals surface area contributed by atoms with E-state index in [1.54, 1.807) is 11.0 Å². The average molecular weight is 257 g/mol. The van der Waals surface area contributed by atoms with Crippen LogP contribution >= 0.6 is 0 Å². The van der Waals surface area contributed by atoms with E-state index in [-0.39, 0.29) is 12.5 Å². The molecule has 0 bridgehead atoms. The van der Waals surface area contributed by atoms with Crippen molar-refractivity contribution < 1.29 is 14.7 Å². The van der Waals surface area contributed by atoms with Gasteiger partial charge in [-0.3, -0.25) is 4.79 Å². The first kappa shape index (κ1) is 16.4. The molecule has 0 saturated carbocycles. The van der Waals surface area contributed by atoms with Crippen LogP contribution in [-0.2, 0) is 4.79 Å². The lowest BCUT2D eigenvalue weighted by Crippen LogP contribution is -2.32. The van der Waals surface area contributed by atoms with Crippen LogP contribution < -0.4 is 5.73 Å². The maximum Gasteiger partial charge on any atom is 0.314 e. The molecule has 1 rings (SSSR count). The Morgan fingerprint density at radius 3 is 2.33 bits per heavy atom. The molecule has 1 saturated heterocycles. The second-order valence-corrected chi connectivity index (χ2v) is 4.23. The smallest absolute Gasteiger partial charge is 0.314 e. The van der Waals surface area contributed by atoms with Gasteiger partial charge >= 0.3 is 12.0 Å². The van der Waals surface area contributed by atoms with Gasteiger partial charge in [-0.2, -0.15) is 0 Å². The van der Waals surface area contributed by atoms with Crippen LogP contribution in [0.3, 0.4) is 0 Å². The monoisotopic (exact) mass is 257 g/mol. The van der Waals surface area contributed by atoms with E-state index in [1.807, 2.05) is 11.9 Å². The summed E-state index contributed by atoms with van der Waals surface area (Å²) in [6, 6.07) is -0.275. The van der Waals surface area contributed by atoms with E-state index in [1.165, 1.54) is 0 Å². The zero-order valence-electron chi connectivity index (χ0n) is 11.0. The molecular weight excluding hydrogens is 234 g/mol. The fourth-order valence-corrected chi connectivity index (χ4v) is 1.54. The first-order valence-corrected chi connectivity index (χ1v) is 6.03. The van der Waals surface area contributed by atoms with Gasteiger partial charge in [0.25, 0.3) is 0 Å². The first-order chi connectivity index (χ1) is 8.47. The molecule has 1 aliphatic heterocycles. The third kappa shape index (κ3) is 8.58. The van der Waals surface area contributed by atoms with E-state index >= 15 is 0 Å². The maximum absolute atomic E-state index is 10.3. The predicted octanol–water partition coefficient (Wildman–Crippen LogP) is 0.740. The summed E-state index contributed by atoms with van der Waals surface area (Å²) in [5, 5.41) is 8.28. The van der Waals surface area contributed by atoms with Gasteiger partial charge < -0.3 is 20.6 Å². The number of hydrogen-bond donors (Lipinski definition) is 2. The summed E-state index contributed by atoms with van der Waals surface area (Å²) in [7, 11) is 1.87. The highest BCUT2D eigenvalue weighted by Crippen LogP contribution is 2.05. The first-order valence-electron chi connectivity index (χ1n) is 6.03. The number of carbonyl (C=O) groups is 2. The lowest BCUT2D eigenvalue weighted by atomic mass is 10.4. The number of likely N-dealkylation sites (tertiary alicyclic amines) is 1. The molecule has 0 radical (unpaired) electrons. The van der Waals surface area contributed by atoms with E-state index in [0.717, 1.165) is 32.5 Å². The van der Waals surface area contributed by atoms with Crippen molar-refractivity contribution in [3.8, 4) is 0 Å². The second kappa shape index (κ2) is 9.47. The summed E-state index contributed by atoms with van der Waals surface area (Å²) in [4.78, 5) is 24.0. The molecule has 0 unspecified atom stereocenters. The van der Waals surface area contributed by atoms with Gasteiger partial charge in [-0.05, 0) is 19.9 Å². The summed E-state index contributed by atoms with van der Waals surface area (Å²) >= 11 is 0. The van der Waals surface area contributed by atoms with Crippen LogP contribution in [-0.4, -0.2) is 60.1 Å². The van der Waals surface area contributed by atoms with Crippen molar-refractivity contribution in [1.82, 2.24) is 9.80 Å². The third-order valence-corrected chi connectivity index (χ3v) is 2.57. The SMILES string of the molecule is C=CCN(C)CCC(=O)O.NC(=O)N1CCCC1. The molecule has 3 N–H and O–H groups in total. The highest BCUT2D eigenvalue weighted by molar-refractivity contribution is 5.72. The molecule has 1 aliphatic rings. The molecule has 0 aliphatic carbocycles. The molecule has 6 nitrogen and oxygen atoms in total. The number of carboxylic acids is 1. The van der Waals surface area contributed by atoms with Crippen LogP contribution in [0.5, 0.6) is 0 Å². The quantitative estimate of drug-likeness (QED) is 0.711. The van der Waals surface area contributed by atoms with Crippen molar-refractivity contribution in [3.05, 3.63) is 12.7 Å². The molecule has 1 fully saturated rings. The Morgan fingerprint density at radius 1 is 1.44 bits per heavy atom. The number of carboxylic acid groups (broad SMARTS) is 1. The largest absolute Gasteiger partial charge is 0.481 e. The van der Waals surface area contributed by atoms with E-state index in [0.29, 0.717) is 6.54 Å². The molecule has 0 aromatic rings. The average Bonchev–Trinajstić information content (AvgIpc) is 2.81. The fraction of sp³-hybridized carbons (Fsp3) is 0.667. The summed E-state index contributed by atoms with van der Waals surface area (Å²) in [5.74, 6) is -0.754. The number of rotatable bonds is 5. The van der Waals surface area contributed by atoms with Crippen LogP contribution in [0.25, 0.3) is 0 Å². The lowest BCUT2D eigenvalue weighted by Gasteiger charge is -2.11. The number of nitrogens with zero attached hydrogens (tertiary/aromatic N) is 2. The van der Waals surface area contributed by atoms with Gasteiger partial charge in [0.1, 0.15) is 0 Å². The number of amides is 2. The Labute approximate surface area is 108 Å². The van der Waals surface area contributed by atoms with E-state index < -0.39 is 5.97 Å². The molecule has 0 atom stereocenters. The van der Waals surface area contributed by atoms with Crippen molar-refractivity contribution >= 4 is 12.0 Å². The molecule has 1 heterocycles. The topological polar surface area (TPSA) is 86.9 Å². The zero-order valence-corrected chi connectivity index (χ0v) is 11.0. The van der Waals surface area contributed by atoms with E-state index in [9.17, 15) is 9.59 Å². The Hall–Kier alpha value is -1.56. The number of hydrogen-bond acceptors (Lipinski definition) is 3. The van der Waals surface area contributed by atoms with E-state index in [4.69, 9.17) is 10.8 Å². The normalized spacial score (nSPS) is 14.0. The van der Waals surface area contributed by atoms with Crippen LogP contribution in [0.15, 0.2) is 12.7 Å². The molecule has 0 spiro atoms. The van der Waals surface area contributed by atoms with Gasteiger partial charge in [0, 0.05) is 26.2 Å². The van der Waals surface area contributed by atoms with Crippen molar-refractivity contribution in [2.24, 2.45) is 5.73 Å². The molecular formula is C12H23N3O3. The minimum absolute atomic E-state index is 0.199. The number of urea groups is 1. The Morgan fingerprint density at radius 2 is 2.00 bits per heavy atom. The van der Waals surface area contributed by atoms with Gasteiger partial charge in [-0.15, -0.1) is 6.58 Å². The number of carbonyl (C=O) groups excluding carboxylic acids is 1. The standard InChI is InChI=1S/C7H13NO2.C5H10N2O/c1-3-5-8(2)6-4-7(9)10;6-5(8)7-3-1-2-4-7/h3H,1,4-6H2,2H3,(H,9,10);1-4H2,(H2,6,8). The highest BCUT2D eigenvalue weighted by atomic mass is 16.4. The molecule has 18 heavy (non-hydrogen) atoms. The minimum Gasteiger partial charge on any atom is -0.481 e. The number of nitrogens with two attached hydrogens (primary N) is 1. The van der Waals surface area contributed by atoms with Gasteiger partial charge in [0.05, 0.1) is 6.42 Å². The van der Waals surface area contributed by atoms with Gasteiger partial charge in [0.2, 0.25) is 0 Å². The molecule has 0 aromatic heterocycles. The number of aliphatic carboxylic acids is 1. The van der Waals surface area contributed by atoms with Crippen molar-refractivity contribution in [2.75, 3.05) is 33.2 Å². The van der Waals surface area contributed by atoms with Crippen molar-refractivity contribution in [3.63, 3.8) is 0 Å². The zero-order chi connectivity index (χ0) is 14.0. The van der Waals surface area contributed by atoms with Gasteiger partial charge in [0.15, 0.2) is 0 Å². The van der Waals surface area contributed by atoms with Crippen LogP contribution in [0.1, 0.15) is 19.3 Å².